The first-order chi connectivity index (χ1) is 13.6. The van der Waals surface area contributed by atoms with Gasteiger partial charge in [-0.15, -0.1) is 0 Å². The largest absolute Gasteiger partial charge is 0.382 e. The SMILES string of the molecule is CCNc1c(CN)c(-c2ccc(F)cc2C)cn2c(N3CCOCC3)cnc12. The highest BCUT2D eigenvalue weighted by atomic mass is 19.1. The van der Waals surface area contributed by atoms with Crippen molar-refractivity contribution >= 4 is 17.2 Å². The Morgan fingerprint density at radius 2 is 2.04 bits per heavy atom. The minimum atomic E-state index is -0.236. The molecule has 1 fully saturated rings. The minimum Gasteiger partial charge on any atom is -0.382 e. The molecule has 0 amide bonds. The number of hydrogen-bond acceptors (Lipinski definition) is 5. The summed E-state index contributed by atoms with van der Waals surface area (Å²) in [4.78, 5) is 6.98. The van der Waals surface area contributed by atoms with E-state index in [0.717, 1.165) is 59.0 Å². The number of morpholine rings is 1. The molecule has 148 valence electrons. The molecule has 0 bridgehead atoms. The molecule has 0 aliphatic carbocycles. The normalized spacial score (nSPS) is 14.6. The summed E-state index contributed by atoms with van der Waals surface area (Å²) in [6.45, 7) is 8.17. The summed E-state index contributed by atoms with van der Waals surface area (Å²) in [5.41, 5.74) is 11.8. The zero-order valence-electron chi connectivity index (χ0n) is 16.3. The molecule has 2 aromatic heterocycles. The minimum absolute atomic E-state index is 0.236. The number of fused-ring (bicyclic) bond motifs is 1. The van der Waals surface area contributed by atoms with Gasteiger partial charge in [0.15, 0.2) is 5.65 Å². The maximum atomic E-state index is 13.7. The standard InChI is InChI=1S/C21H26FN5O/c1-3-24-20-17(11-23)18(16-5-4-15(22)10-14(16)2)13-27-19(12-25-21(20)27)26-6-8-28-9-7-26/h4-5,10,12-13,24H,3,6-9,11,23H2,1-2H3. The van der Waals surface area contributed by atoms with E-state index in [-0.39, 0.29) is 5.82 Å². The predicted octanol–water partition coefficient (Wildman–Crippen LogP) is 3.18. The molecule has 0 saturated carbocycles. The summed E-state index contributed by atoms with van der Waals surface area (Å²) in [6.07, 6.45) is 3.99. The number of nitrogens with zero attached hydrogens (tertiary/aromatic N) is 3. The Labute approximate surface area is 164 Å². The number of rotatable bonds is 5. The predicted molar refractivity (Wildman–Crippen MR) is 110 cm³/mol. The molecule has 0 unspecified atom stereocenters. The molecule has 1 aliphatic heterocycles. The van der Waals surface area contributed by atoms with Gasteiger partial charge in [-0.1, -0.05) is 6.07 Å². The van der Waals surface area contributed by atoms with Crippen LogP contribution in [0.2, 0.25) is 0 Å². The second-order valence-corrected chi connectivity index (χ2v) is 7.00. The number of aryl methyl sites for hydroxylation is 1. The summed E-state index contributed by atoms with van der Waals surface area (Å²) >= 11 is 0. The van der Waals surface area contributed by atoms with Gasteiger partial charge in [0.25, 0.3) is 0 Å². The van der Waals surface area contributed by atoms with Crippen molar-refractivity contribution in [2.75, 3.05) is 43.1 Å². The summed E-state index contributed by atoms with van der Waals surface area (Å²) in [6, 6.07) is 4.88. The summed E-state index contributed by atoms with van der Waals surface area (Å²) in [5.74, 6) is 0.794. The van der Waals surface area contributed by atoms with Crippen LogP contribution in [0.1, 0.15) is 18.1 Å². The first kappa shape index (κ1) is 18.7. The Morgan fingerprint density at radius 1 is 1.25 bits per heavy atom. The molecule has 1 saturated heterocycles. The van der Waals surface area contributed by atoms with Crippen LogP contribution in [-0.2, 0) is 11.3 Å². The molecule has 0 radical (unpaired) electrons. The van der Waals surface area contributed by atoms with Crippen molar-refractivity contribution in [2.24, 2.45) is 5.73 Å². The second-order valence-electron chi connectivity index (χ2n) is 7.00. The van der Waals surface area contributed by atoms with Crippen LogP contribution in [0.15, 0.2) is 30.6 Å². The molecule has 3 aromatic rings. The van der Waals surface area contributed by atoms with Gasteiger partial charge < -0.3 is 20.7 Å². The van der Waals surface area contributed by atoms with E-state index in [1.54, 1.807) is 6.07 Å². The van der Waals surface area contributed by atoms with Crippen molar-refractivity contribution in [3.63, 3.8) is 0 Å². The van der Waals surface area contributed by atoms with Crippen LogP contribution in [0, 0.1) is 12.7 Å². The Balaban J connectivity index is 1.97. The molecule has 6 nitrogen and oxygen atoms in total. The number of halogens is 1. The van der Waals surface area contributed by atoms with Crippen molar-refractivity contribution in [1.82, 2.24) is 9.38 Å². The van der Waals surface area contributed by atoms with Crippen LogP contribution in [0.25, 0.3) is 16.8 Å². The topological polar surface area (TPSA) is 67.8 Å². The Morgan fingerprint density at radius 3 is 2.71 bits per heavy atom. The van der Waals surface area contributed by atoms with Crippen LogP contribution in [0.4, 0.5) is 15.9 Å². The fourth-order valence-corrected chi connectivity index (χ4v) is 3.90. The Kier molecular flexibility index (Phi) is 5.19. The van der Waals surface area contributed by atoms with Gasteiger partial charge in [0.2, 0.25) is 0 Å². The Hall–Kier alpha value is -2.64. The third-order valence-electron chi connectivity index (χ3n) is 5.26. The number of nitrogens with one attached hydrogen (secondary N) is 1. The first-order valence-electron chi connectivity index (χ1n) is 9.70. The molecule has 28 heavy (non-hydrogen) atoms. The van der Waals surface area contributed by atoms with Crippen LogP contribution in [-0.4, -0.2) is 42.2 Å². The molecule has 3 N–H and O–H groups in total. The van der Waals surface area contributed by atoms with E-state index in [4.69, 9.17) is 15.5 Å². The van der Waals surface area contributed by atoms with Gasteiger partial charge in [-0.3, -0.25) is 4.40 Å². The van der Waals surface area contributed by atoms with E-state index in [1.807, 2.05) is 19.2 Å². The number of aromatic nitrogens is 2. The molecular weight excluding hydrogens is 357 g/mol. The van der Waals surface area contributed by atoms with Crippen molar-refractivity contribution in [1.29, 1.82) is 0 Å². The molecule has 0 atom stereocenters. The molecule has 7 heteroatoms. The quantitative estimate of drug-likeness (QED) is 0.708. The van der Waals surface area contributed by atoms with Gasteiger partial charge in [-0.25, -0.2) is 9.37 Å². The van der Waals surface area contributed by atoms with E-state index in [9.17, 15) is 4.39 Å². The zero-order chi connectivity index (χ0) is 19.7. The highest BCUT2D eigenvalue weighted by Gasteiger charge is 2.21. The smallest absolute Gasteiger partial charge is 0.162 e. The van der Waals surface area contributed by atoms with E-state index < -0.39 is 0 Å². The molecule has 4 rings (SSSR count). The third kappa shape index (κ3) is 3.21. The number of ether oxygens (including phenoxy) is 1. The lowest BCUT2D eigenvalue weighted by atomic mass is 9.96. The average molecular weight is 383 g/mol. The molecule has 3 heterocycles. The van der Waals surface area contributed by atoms with Gasteiger partial charge in [0.05, 0.1) is 25.1 Å². The van der Waals surface area contributed by atoms with Gasteiger partial charge in [0, 0.05) is 43.5 Å². The summed E-state index contributed by atoms with van der Waals surface area (Å²) in [5, 5.41) is 3.45. The number of anilines is 2. The van der Waals surface area contributed by atoms with Gasteiger partial charge >= 0.3 is 0 Å². The molecular formula is C21H26FN5O. The third-order valence-corrected chi connectivity index (χ3v) is 5.26. The highest BCUT2D eigenvalue weighted by Crippen LogP contribution is 2.36. The van der Waals surface area contributed by atoms with Crippen LogP contribution in [0.5, 0.6) is 0 Å². The second kappa shape index (κ2) is 7.77. The average Bonchev–Trinajstić information content (AvgIpc) is 3.12. The number of imidazole rings is 1. The van der Waals surface area contributed by atoms with Gasteiger partial charge in [-0.2, -0.15) is 0 Å². The lowest BCUT2D eigenvalue weighted by Gasteiger charge is -2.28. The maximum Gasteiger partial charge on any atom is 0.162 e. The highest BCUT2D eigenvalue weighted by molar-refractivity contribution is 5.84. The van der Waals surface area contributed by atoms with Crippen molar-refractivity contribution in [3.05, 3.63) is 47.5 Å². The van der Waals surface area contributed by atoms with Gasteiger partial charge in [-0.05, 0) is 37.1 Å². The number of pyridine rings is 1. The molecule has 1 aromatic carbocycles. The fourth-order valence-electron chi connectivity index (χ4n) is 3.90. The van der Waals surface area contributed by atoms with Crippen molar-refractivity contribution in [2.45, 2.75) is 20.4 Å². The van der Waals surface area contributed by atoms with E-state index in [2.05, 4.69) is 27.7 Å². The first-order valence-corrected chi connectivity index (χ1v) is 9.70. The zero-order valence-corrected chi connectivity index (χ0v) is 16.3. The van der Waals surface area contributed by atoms with Crippen molar-refractivity contribution in [3.8, 4) is 11.1 Å². The lowest BCUT2D eigenvalue weighted by Crippen LogP contribution is -2.36. The summed E-state index contributed by atoms with van der Waals surface area (Å²) in [7, 11) is 0. The van der Waals surface area contributed by atoms with Crippen molar-refractivity contribution < 1.29 is 9.13 Å². The lowest BCUT2D eigenvalue weighted by molar-refractivity contribution is 0.122. The van der Waals surface area contributed by atoms with E-state index in [0.29, 0.717) is 19.8 Å². The van der Waals surface area contributed by atoms with Crippen LogP contribution >= 0.6 is 0 Å². The molecule has 1 aliphatic rings. The van der Waals surface area contributed by atoms with E-state index in [1.165, 1.54) is 6.07 Å². The Bertz CT molecular complexity index is 994. The van der Waals surface area contributed by atoms with Crippen LogP contribution in [0.3, 0.4) is 0 Å². The fraction of sp³-hybridized carbons (Fsp3) is 0.381. The monoisotopic (exact) mass is 383 g/mol. The molecule has 0 spiro atoms. The van der Waals surface area contributed by atoms with E-state index >= 15 is 0 Å². The number of nitrogens with two attached hydrogens (primary N) is 1. The van der Waals surface area contributed by atoms with Crippen LogP contribution < -0.4 is 16.0 Å². The number of hydrogen-bond donors (Lipinski definition) is 2. The van der Waals surface area contributed by atoms with Gasteiger partial charge in [0.1, 0.15) is 11.6 Å². The maximum absolute atomic E-state index is 13.7. The number of benzene rings is 1. The summed E-state index contributed by atoms with van der Waals surface area (Å²) < 4.78 is 21.3.